The molecular weight excluding hydrogens is 178 g/mol. The van der Waals surface area contributed by atoms with Crippen molar-refractivity contribution < 1.29 is 0 Å². The Morgan fingerprint density at radius 3 is 1.93 bits per heavy atom. The summed E-state index contributed by atoms with van der Waals surface area (Å²) in [7, 11) is 0. The van der Waals surface area contributed by atoms with E-state index in [4.69, 9.17) is 27.3 Å². The highest BCUT2D eigenvalue weighted by Gasteiger charge is 2.14. The number of nitriles is 3. The Bertz CT molecular complexity index is 510. The molecule has 5 nitrogen and oxygen atoms in total. The van der Waals surface area contributed by atoms with Crippen molar-refractivity contribution in [3.05, 3.63) is 22.8 Å². The summed E-state index contributed by atoms with van der Waals surface area (Å²) in [4.78, 5) is 0. The molecule has 0 saturated heterocycles. The van der Waals surface area contributed by atoms with E-state index >= 15 is 0 Å². The zero-order valence-corrected chi connectivity index (χ0v) is 7.07. The third-order valence-corrected chi connectivity index (χ3v) is 1.74. The Kier molecular flexibility index (Phi) is 2.24. The maximum absolute atomic E-state index is 8.73. The molecule has 0 aliphatic carbocycles. The van der Waals surface area contributed by atoms with Gasteiger partial charge in [0.2, 0.25) is 0 Å². The number of nitrogens with zero attached hydrogens (tertiary/aromatic N) is 3. The molecule has 0 aliphatic rings. The molecular formula is C9H5N5. The van der Waals surface area contributed by atoms with Gasteiger partial charge in [0.05, 0.1) is 28.1 Å². The first kappa shape index (κ1) is 9.38. The Hall–Kier alpha value is -2.71. The number of nitrogen functional groups attached to an aromatic ring is 2. The maximum Gasteiger partial charge on any atom is 0.103 e. The predicted molar refractivity (Wildman–Crippen MR) is 49.4 cm³/mol. The van der Waals surface area contributed by atoms with Crippen molar-refractivity contribution in [2.75, 3.05) is 11.5 Å². The molecule has 66 valence electrons. The van der Waals surface area contributed by atoms with Crippen LogP contribution in [0.1, 0.15) is 16.7 Å². The molecule has 0 amide bonds. The molecule has 0 bridgehead atoms. The van der Waals surface area contributed by atoms with E-state index in [-0.39, 0.29) is 28.1 Å². The Balaban J connectivity index is 3.74. The number of nitrogens with two attached hydrogens (primary N) is 2. The quantitative estimate of drug-likeness (QED) is 0.565. The molecule has 1 rings (SSSR count). The van der Waals surface area contributed by atoms with Crippen LogP contribution in [0.25, 0.3) is 0 Å². The molecule has 14 heavy (non-hydrogen) atoms. The molecule has 0 fully saturated rings. The second-order valence-electron chi connectivity index (χ2n) is 2.51. The fourth-order valence-corrected chi connectivity index (χ4v) is 1.04. The van der Waals surface area contributed by atoms with Gasteiger partial charge in [0.1, 0.15) is 18.2 Å². The van der Waals surface area contributed by atoms with Crippen molar-refractivity contribution in [3.8, 4) is 18.2 Å². The van der Waals surface area contributed by atoms with Gasteiger partial charge in [-0.3, -0.25) is 0 Å². The predicted octanol–water partition coefficient (Wildman–Crippen LogP) is 0.466. The zero-order valence-electron chi connectivity index (χ0n) is 7.07. The van der Waals surface area contributed by atoms with Crippen molar-refractivity contribution >= 4 is 11.4 Å². The molecule has 0 unspecified atom stereocenters. The number of benzene rings is 1. The lowest BCUT2D eigenvalue weighted by molar-refractivity contribution is 1.40. The van der Waals surface area contributed by atoms with Gasteiger partial charge in [0, 0.05) is 0 Å². The largest absolute Gasteiger partial charge is 0.397 e. The van der Waals surface area contributed by atoms with Gasteiger partial charge in [0.25, 0.3) is 0 Å². The lowest BCUT2D eigenvalue weighted by Crippen LogP contribution is -2.02. The minimum atomic E-state index is -0.0379. The second-order valence-corrected chi connectivity index (χ2v) is 2.51. The van der Waals surface area contributed by atoms with Crippen LogP contribution in [-0.4, -0.2) is 0 Å². The molecule has 0 saturated carbocycles. The van der Waals surface area contributed by atoms with E-state index in [2.05, 4.69) is 0 Å². The summed E-state index contributed by atoms with van der Waals surface area (Å²) in [5.74, 6) is 0. The van der Waals surface area contributed by atoms with Crippen molar-refractivity contribution in [1.82, 2.24) is 0 Å². The molecule has 0 spiro atoms. The standard InChI is InChI=1S/C9H5N5/c10-2-5-1-8(13)9(14)7(4-12)6(5)3-11/h1H,13-14H2. The average Bonchev–Trinajstić information content (AvgIpc) is 2.20. The molecule has 0 aliphatic heterocycles. The van der Waals surface area contributed by atoms with Crippen LogP contribution >= 0.6 is 0 Å². The normalized spacial score (nSPS) is 8.36. The van der Waals surface area contributed by atoms with Crippen LogP contribution in [0.3, 0.4) is 0 Å². The minimum Gasteiger partial charge on any atom is -0.397 e. The molecule has 0 aromatic heterocycles. The summed E-state index contributed by atoms with van der Waals surface area (Å²) in [5, 5.41) is 26.1. The van der Waals surface area contributed by atoms with Gasteiger partial charge in [-0.2, -0.15) is 15.8 Å². The molecule has 0 atom stereocenters. The monoisotopic (exact) mass is 183 g/mol. The van der Waals surface area contributed by atoms with Crippen LogP contribution in [0.2, 0.25) is 0 Å². The summed E-state index contributed by atoms with van der Waals surface area (Å²) in [6.45, 7) is 0. The topological polar surface area (TPSA) is 123 Å². The van der Waals surface area contributed by atoms with Gasteiger partial charge in [-0.25, -0.2) is 0 Å². The first-order chi connectivity index (χ1) is 6.65. The van der Waals surface area contributed by atoms with Crippen molar-refractivity contribution in [3.63, 3.8) is 0 Å². The van der Waals surface area contributed by atoms with E-state index in [9.17, 15) is 0 Å². The van der Waals surface area contributed by atoms with Crippen LogP contribution in [0.15, 0.2) is 6.07 Å². The maximum atomic E-state index is 8.73. The van der Waals surface area contributed by atoms with E-state index in [1.54, 1.807) is 18.2 Å². The van der Waals surface area contributed by atoms with Crippen LogP contribution in [-0.2, 0) is 0 Å². The van der Waals surface area contributed by atoms with E-state index in [1.807, 2.05) is 0 Å². The summed E-state index contributed by atoms with van der Waals surface area (Å²) >= 11 is 0. The highest BCUT2D eigenvalue weighted by Crippen LogP contribution is 2.25. The Labute approximate surface area is 80.4 Å². The van der Waals surface area contributed by atoms with Gasteiger partial charge in [-0.15, -0.1) is 0 Å². The minimum absolute atomic E-state index is 0.0262. The number of hydrogen-bond acceptors (Lipinski definition) is 5. The fourth-order valence-electron chi connectivity index (χ4n) is 1.04. The highest BCUT2D eigenvalue weighted by molar-refractivity contribution is 5.77. The van der Waals surface area contributed by atoms with E-state index in [1.165, 1.54) is 6.07 Å². The van der Waals surface area contributed by atoms with Gasteiger partial charge in [-0.1, -0.05) is 0 Å². The molecule has 5 heteroatoms. The van der Waals surface area contributed by atoms with Crippen molar-refractivity contribution in [2.45, 2.75) is 0 Å². The summed E-state index contributed by atoms with van der Waals surface area (Å²) in [5.41, 5.74) is 11.1. The van der Waals surface area contributed by atoms with Gasteiger partial charge < -0.3 is 11.5 Å². The lowest BCUT2D eigenvalue weighted by Gasteiger charge is -2.04. The van der Waals surface area contributed by atoms with Gasteiger partial charge >= 0.3 is 0 Å². The summed E-state index contributed by atoms with van der Waals surface area (Å²) in [6.07, 6.45) is 0. The zero-order chi connectivity index (χ0) is 10.7. The SMILES string of the molecule is N#Cc1cc(N)c(N)c(C#N)c1C#N. The molecule has 1 aromatic rings. The Morgan fingerprint density at radius 1 is 0.929 bits per heavy atom. The Morgan fingerprint density at radius 2 is 1.50 bits per heavy atom. The first-order valence-electron chi connectivity index (χ1n) is 3.58. The molecule has 0 heterocycles. The van der Waals surface area contributed by atoms with Gasteiger partial charge in [0.15, 0.2) is 0 Å². The molecule has 0 radical (unpaired) electrons. The third kappa shape index (κ3) is 1.18. The molecule has 4 N–H and O–H groups in total. The fraction of sp³-hybridized carbons (Fsp3) is 0. The molecule has 1 aromatic carbocycles. The number of anilines is 2. The highest BCUT2D eigenvalue weighted by atomic mass is 14.7. The van der Waals surface area contributed by atoms with Gasteiger partial charge in [-0.05, 0) is 6.07 Å². The lowest BCUT2D eigenvalue weighted by atomic mass is 10.0. The average molecular weight is 183 g/mol. The smallest absolute Gasteiger partial charge is 0.103 e. The van der Waals surface area contributed by atoms with E-state index in [0.717, 1.165) is 0 Å². The van der Waals surface area contributed by atoms with Crippen LogP contribution < -0.4 is 11.5 Å². The van der Waals surface area contributed by atoms with Crippen LogP contribution in [0.4, 0.5) is 11.4 Å². The van der Waals surface area contributed by atoms with E-state index in [0.29, 0.717) is 0 Å². The number of hydrogen-bond donors (Lipinski definition) is 2. The third-order valence-electron chi connectivity index (χ3n) is 1.74. The van der Waals surface area contributed by atoms with E-state index < -0.39 is 0 Å². The summed E-state index contributed by atoms with van der Waals surface area (Å²) < 4.78 is 0. The summed E-state index contributed by atoms with van der Waals surface area (Å²) in [6, 6.07) is 6.57. The van der Waals surface area contributed by atoms with Crippen molar-refractivity contribution in [1.29, 1.82) is 15.8 Å². The van der Waals surface area contributed by atoms with Crippen LogP contribution in [0, 0.1) is 34.0 Å². The van der Waals surface area contributed by atoms with Crippen LogP contribution in [0.5, 0.6) is 0 Å². The second kappa shape index (κ2) is 3.35. The van der Waals surface area contributed by atoms with Crippen molar-refractivity contribution in [2.24, 2.45) is 0 Å². The first-order valence-corrected chi connectivity index (χ1v) is 3.58. The number of rotatable bonds is 0.